The van der Waals surface area contributed by atoms with E-state index in [-0.39, 0.29) is 5.69 Å². The van der Waals surface area contributed by atoms with Gasteiger partial charge in [0.1, 0.15) is 12.4 Å². The molecule has 1 aromatic heterocycles. The third-order valence-electron chi connectivity index (χ3n) is 2.37. The zero-order valence-corrected chi connectivity index (χ0v) is 10.2. The lowest BCUT2D eigenvalue weighted by molar-refractivity contribution is 0.0685. The van der Waals surface area contributed by atoms with E-state index in [0.29, 0.717) is 25.5 Å². The lowest BCUT2D eigenvalue weighted by atomic mass is 10.3. The van der Waals surface area contributed by atoms with Crippen molar-refractivity contribution in [2.24, 2.45) is 0 Å². The van der Waals surface area contributed by atoms with E-state index < -0.39 is 5.97 Å². The van der Waals surface area contributed by atoms with Gasteiger partial charge in [0.15, 0.2) is 11.5 Å². The Balaban J connectivity index is 1.65. The Morgan fingerprint density at radius 2 is 2.16 bits per heavy atom. The summed E-state index contributed by atoms with van der Waals surface area (Å²) in [5, 5.41) is 15.2. The molecule has 0 unspecified atom stereocenters. The number of para-hydroxylation sites is 1. The van der Waals surface area contributed by atoms with Crippen molar-refractivity contribution in [3.05, 3.63) is 47.9 Å². The molecule has 0 saturated heterocycles. The molecular formula is C13H14N2O4. The van der Waals surface area contributed by atoms with Crippen LogP contribution in [-0.2, 0) is 6.54 Å². The van der Waals surface area contributed by atoms with E-state index in [9.17, 15) is 4.79 Å². The summed E-state index contributed by atoms with van der Waals surface area (Å²) in [7, 11) is 0. The number of aromatic nitrogens is 1. The Kier molecular flexibility index (Phi) is 4.52. The zero-order valence-electron chi connectivity index (χ0n) is 10.2. The summed E-state index contributed by atoms with van der Waals surface area (Å²) in [5.74, 6) is 0.205. The van der Waals surface area contributed by atoms with Gasteiger partial charge in [-0.2, -0.15) is 0 Å². The van der Waals surface area contributed by atoms with Gasteiger partial charge in [0, 0.05) is 12.6 Å². The molecule has 2 aromatic rings. The Bertz CT molecular complexity index is 524. The Hall–Kier alpha value is -2.34. The second-order valence-corrected chi connectivity index (χ2v) is 3.82. The van der Waals surface area contributed by atoms with Gasteiger partial charge < -0.3 is 19.7 Å². The summed E-state index contributed by atoms with van der Waals surface area (Å²) >= 11 is 0. The Labute approximate surface area is 110 Å². The summed E-state index contributed by atoms with van der Waals surface area (Å²) in [4.78, 5) is 10.6. The van der Waals surface area contributed by atoms with Crippen LogP contribution in [-0.4, -0.2) is 29.4 Å². The van der Waals surface area contributed by atoms with Crippen LogP contribution in [0.25, 0.3) is 0 Å². The van der Waals surface area contributed by atoms with Gasteiger partial charge in [-0.3, -0.25) is 0 Å². The van der Waals surface area contributed by atoms with E-state index >= 15 is 0 Å². The second-order valence-electron chi connectivity index (χ2n) is 3.82. The van der Waals surface area contributed by atoms with Crippen LogP contribution in [0.3, 0.4) is 0 Å². The number of carboxylic acids is 1. The zero-order chi connectivity index (χ0) is 13.5. The van der Waals surface area contributed by atoms with Gasteiger partial charge in [-0.25, -0.2) is 4.79 Å². The normalized spacial score (nSPS) is 10.3. The minimum absolute atomic E-state index is 0.0858. The number of benzene rings is 1. The van der Waals surface area contributed by atoms with Crippen molar-refractivity contribution in [3.63, 3.8) is 0 Å². The number of nitrogens with one attached hydrogen (secondary N) is 1. The van der Waals surface area contributed by atoms with Crippen LogP contribution in [0.4, 0.5) is 0 Å². The van der Waals surface area contributed by atoms with Crippen molar-refractivity contribution < 1.29 is 19.2 Å². The van der Waals surface area contributed by atoms with Gasteiger partial charge in [-0.15, -0.1) is 0 Å². The largest absolute Gasteiger partial charge is 0.492 e. The van der Waals surface area contributed by atoms with Gasteiger partial charge >= 0.3 is 5.97 Å². The standard InChI is InChI=1S/C13H14N2O4/c16-13(17)12-8-11(19-15-12)9-14-6-7-18-10-4-2-1-3-5-10/h1-5,8,14H,6-7,9H2,(H,16,17). The molecule has 6 heteroatoms. The van der Waals surface area contributed by atoms with Crippen molar-refractivity contribution in [1.29, 1.82) is 0 Å². The Morgan fingerprint density at radius 3 is 2.84 bits per heavy atom. The van der Waals surface area contributed by atoms with Gasteiger partial charge in [-0.05, 0) is 12.1 Å². The van der Waals surface area contributed by atoms with E-state index in [2.05, 4.69) is 10.5 Å². The van der Waals surface area contributed by atoms with Gasteiger partial charge in [-0.1, -0.05) is 23.4 Å². The molecule has 1 heterocycles. The van der Waals surface area contributed by atoms with Crippen molar-refractivity contribution in [1.82, 2.24) is 10.5 Å². The van der Waals surface area contributed by atoms with Crippen molar-refractivity contribution >= 4 is 5.97 Å². The maximum absolute atomic E-state index is 10.6. The average molecular weight is 262 g/mol. The highest BCUT2D eigenvalue weighted by molar-refractivity contribution is 5.85. The van der Waals surface area contributed by atoms with Crippen LogP contribution >= 0.6 is 0 Å². The van der Waals surface area contributed by atoms with Crippen LogP contribution in [0.2, 0.25) is 0 Å². The minimum atomic E-state index is -1.09. The molecule has 0 saturated carbocycles. The first-order valence-electron chi connectivity index (χ1n) is 5.83. The van der Waals surface area contributed by atoms with Crippen molar-refractivity contribution in [2.75, 3.05) is 13.2 Å². The summed E-state index contributed by atoms with van der Waals surface area (Å²) in [5.41, 5.74) is -0.0858. The topological polar surface area (TPSA) is 84.6 Å². The molecular weight excluding hydrogens is 248 g/mol. The molecule has 1 aromatic carbocycles. The van der Waals surface area contributed by atoms with Crippen LogP contribution in [0.15, 0.2) is 40.9 Å². The number of hydrogen-bond donors (Lipinski definition) is 2. The van der Waals surface area contributed by atoms with E-state index in [4.69, 9.17) is 14.4 Å². The van der Waals surface area contributed by atoms with E-state index in [1.807, 2.05) is 30.3 Å². The minimum Gasteiger partial charge on any atom is -0.492 e. The molecule has 0 radical (unpaired) electrons. The maximum atomic E-state index is 10.6. The molecule has 0 fully saturated rings. The fourth-order valence-electron chi connectivity index (χ4n) is 1.47. The predicted molar refractivity (Wildman–Crippen MR) is 67.1 cm³/mol. The van der Waals surface area contributed by atoms with E-state index in [1.165, 1.54) is 6.07 Å². The highest BCUT2D eigenvalue weighted by Crippen LogP contribution is 2.07. The lowest BCUT2D eigenvalue weighted by Crippen LogP contribution is -2.20. The third kappa shape index (κ3) is 4.11. The summed E-state index contributed by atoms with van der Waals surface area (Å²) in [6.45, 7) is 1.56. The quantitative estimate of drug-likeness (QED) is 0.736. The summed E-state index contributed by atoms with van der Waals surface area (Å²) in [6.07, 6.45) is 0. The van der Waals surface area contributed by atoms with Gasteiger partial charge in [0.2, 0.25) is 0 Å². The number of aromatic carboxylic acids is 1. The van der Waals surface area contributed by atoms with E-state index in [0.717, 1.165) is 5.75 Å². The first-order valence-corrected chi connectivity index (χ1v) is 5.83. The SMILES string of the molecule is O=C(O)c1cc(CNCCOc2ccccc2)on1. The molecule has 2 N–H and O–H groups in total. The summed E-state index contributed by atoms with van der Waals surface area (Å²) < 4.78 is 10.3. The molecule has 0 atom stereocenters. The first-order chi connectivity index (χ1) is 9.25. The predicted octanol–water partition coefficient (Wildman–Crippen LogP) is 1.54. The first kappa shape index (κ1) is 13.1. The fraction of sp³-hybridized carbons (Fsp3) is 0.231. The number of carboxylic acid groups (broad SMARTS) is 1. The molecule has 0 bridgehead atoms. The molecule has 100 valence electrons. The molecule has 6 nitrogen and oxygen atoms in total. The molecule has 2 rings (SSSR count). The van der Waals surface area contributed by atoms with Gasteiger partial charge in [0.05, 0.1) is 6.54 Å². The second kappa shape index (κ2) is 6.55. The smallest absolute Gasteiger partial charge is 0.358 e. The third-order valence-corrected chi connectivity index (χ3v) is 2.37. The van der Waals surface area contributed by atoms with Crippen LogP contribution in [0, 0.1) is 0 Å². The van der Waals surface area contributed by atoms with Gasteiger partial charge in [0.25, 0.3) is 0 Å². The molecule has 19 heavy (non-hydrogen) atoms. The number of rotatable bonds is 7. The molecule has 0 aliphatic heterocycles. The van der Waals surface area contributed by atoms with Crippen LogP contribution in [0.1, 0.15) is 16.2 Å². The van der Waals surface area contributed by atoms with Crippen LogP contribution < -0.4 is 10.1 Å². The van der Waals surface area contributed by atoms with E-state index in [1.54, 1.807) is 0 Å². The average Bonchev–Trinajstić information content (AvgIpc) is 2.89. The number of hydrogen-bond acceptors (Lipinski definition) is 5. The highest BCUT2D eigenvalue weighted by atomic mass is 16.5. The Morgan fingerprint density at radius 1 is 1.37 bits per heavy atom. The molecule has 0 amide bonds. The number of carbonyl (C=O) groups is 1. The monoisotopic (exact) mass is 262 g/mol. The lowest BCUT2D eigenvalue weighted by Gasteiger charge is -2.05. The maximum Gasteiger partial charge on any atom is 0.358 e. The highest BCUT2D eigenvalue weighted by Gasteiger charge is 2.09. The molecule has 0 aliphatic rings. The van der Waals surface area contributed by atoms with Crippen LogP contribution in [0.5, 0.6) is 5.75 Å². The number of ether oxygens (including phenoxy) is 1. The molecule has 0 spiro atoms. The molecule has 0 aliphatic carbocycles. The van der Waals surface area contributed by atoms with Crippen molar-refractivity contribution in [3.8, 4) is 5.75 Å². The summed E-state index contributed by atoms with van der Waals surface area (Å²) in [6, 6.07) is 10.9. The fourth-order valence-corrected chi connectivity index (χ4v) is 1.47. The number of nitrogens with zero attached hydrogens (tertiary/aromatic N) is 1. The van der Waals surface area contributed by atoms with Crippen molar-refractivity contribution in [2.45, 2.75) is 6.54 Å².